The van der Waals surface area contributed by atoms with E-state index >= 15 is 0 Å². The molecular weight excluding hydrogens is 330 g/mol. The Kier molecular flexibility index (Phi) is 3.95. The number of H-pyrrole nitrogens is 1. The van der Waals surface area contributed by atoms with Crippen molar-refractivity contribution in [3.63, 3.8) is 0 Å². The number of rotatable bonds is 3. The molecule has 3 aromatic rings. The molecule has 3 rings (SSSR count). The number of nitrogens with one attached hydrogen (secondary N) is 1. The second-order valence-electron chi connectivity index (χ2n) is 6.29. The van der Waals surface area contributed by atoms with Crippen LogP contribution in [0.3, 0.4) is 0 Å². The van der Waals surface area contributed by atoms with E-state index in [9.17, 15) is 18.7 Å². The average Bonchev–Trinajstić information content (AvgIpc) is 2.89. The fourth-order valence-corrected chi connectivity index (χ4v) is 2.82. The number of nitrogens with zero attached hydrogens (tertiary/aromatic N) is 3. The Morgan fingerprint density at radius 2 is 1.88 bits per heavy atom. The summed E-state index contributed by atoms with van der Waals surface area (Å²) in [6.07, 6.45) is 0.573. The summed E-state index contributed by atoms with van der Waals surface area (Å²) < 4.78 is 28.6. The number of hydrogen-bond acceptors (Lipinski definition) is 4. The van der Waals surface area contributed by atoms with Gasteiger partial charge in [-0.15, -0.1) is 5.10 Å². The van der Waals surface area contributed by atoms with Crippen molar-refractivity contribution in [2.24, 2.45) is 0 Å². The Labute approximate surface area is 142 Å². The maximum absolute atomic E-state index is 13.6. The van der Waals surface area contributed by atoms with Crippen LogP contribution in [0.1, 0.15) is 42.5 Å². The van der Waals surface area contributed by atoms with Gasteiger partial charge in [-0.3, -0.25) is 4.79 Å². The van der Waals surface area contributed by atoms with Crippen molar-refractivity contribution in [1.29, 1.82) is 0 Å². The van der Waals surface area contributed by atoms with Gasteiger partial charge in [-0.1, -0.05) is 0 Å². The largest absolute Gasteiger partial charge is 0.385 e. The van der Waals surface area contributed by atoms with Crippen molar-refractivity contribution in [1.82, 2.24) is 19.7 Å². The van der Waals surface area contributed by atoms with Gasteiger partial charge in [-0.2, -0.15) is 0 Å². The number of aromatic nitrogens is 4. The summed E-state index contributed by atoms with van der Waals surface area (Å²) in [4.78, 5) is 18.8. The molecule has 8 heteroatoms. The Morgan fingerprint density at radius 3 is 2.40 bits per heavy atom. The topological polar surface area (TPSA) is 83.8 Å². The zero-order chi connectivity index (χ0) is 18.5. The van der Waals surface area contributed by atoms with E-state index in [1.54, 1.807) is 13.8 Å². The molecule has 0 saturated carbocycles. The molecule has 6 nitrogen and oxygen atoms in total. The minimum atomic E-state index is -2.94. The molecule has 2 N–H and O–H groups in total. The maximum Gasteiger partial charge on any atom is 0.270 e. The molecule has 0 amide bonds. The summed E-state index contributed by atoms with van der Waals surface area (Å²) in [6, 6.07) is 2.82. The summed E-state index contributed by atoms with van der Waals surface area (Å²) in [7, 11) is 0. The average molecular weight is 348 g/mol. The highest BCUT2D eigenvalue weighted by Gasteiger charge is 2.26. The van der Waals surface area contributed by atoms with E-state index in [-0.39, 0.29) is 22.4 Å². The van der Waals surface area contributed by atoms with Crippen molar-refractivity contribution >= 4 is 11.0 Å². The maximum atomic E-state index is 13.6. The summed E-state index contributed by atoms with van der Waals surface area (Å²) in [5.41, 5.74) is 1.52. The predicted octanol–water partition coefficient (Wildman–Crippen LogP) is 2.89. The fourth-order valence-electron chi connectivity index (χ4n) is 2.82. The highest BCUT2D eigenvalue weighted by molar-refractivity contribution is 5.73. The standard InChI is InChI=1S/C17H18F2N4O2/c1-8-5-11(17(4,18)19)6-9(2)13(8)23-7-12-15(22-23)20-14(10(3)24)21-16(12)25/h5-7,10,24H,1-4H3,(H,20,21,22,25)/t10-/m0/s1. The molecule has 0 aliphatic rings. The number of halogens is 2. The van der Waals surface area contributed by atoms with Gasteiger partial charge in [-0.25, -0.2) is 18.4 Å². The normalized spacial score (nSPS) is 13.4. The van der Waals surface area contributed by atoms with Crippen LogP contribution in [0.15, 0.2) is 23.1 Å². The molecule has 0 unspecified atom stereocenters. The van der Waals surface area contributed by atoms with E-state index in [0.29, 0.717) is 16.8 Å². The van der Waals surface area contributed by atoms with Crippen LogP contribution >= 0.6 is 0 Å². The Balaban J connectivity index is 2.20. The molecule has 0 spiro atoms. The lowest BCUT2D eigenvalue weighted by molar-refractivity contribution is 0.0173. The predicted molar refractivity (Wildman–Crippen MR) is 89.2 cm³/mol. The monoisotopic (exact) mass is 348 g/mol. The Morgan fingerprint density at radius 1 is 1.28 bits per heavy atom. The van der Waals surface area contributed by atoms with Gasteiger partial charge in [-0.05, 0) is 44.0 Å². The van der Waals surface area contributed by atoms with Gasteiger partial charge in [0, 0.05) is 18.7 Å². The number of aryl methyl sites for hydroxylation is 2. The zero-order valence-electron chi connectivity index (χ0n) is 14.3. The van der Waals surface area contributed by atoms with Crippen molar-refractivity contribution in [2.75, 3.05) is 0 Å². The van der Waals surface area contributed by atoms with Crippen LogP contribution in [0.2, 0.25) is 0 Å². The molecule has 25 heavy (non-hydrogen) atoms. The molecule has 0 saturated heterocycles. The molecule has 0 aliphatic carbocycles. The lowest BCUT2D eigenvalue weighted by Crippen LogP contribution is -2.12. The molecule has 1 aromatic carbocycles. The SMILES string of the molecule is Cc1cc(C(C)(F)F)cc(C)c1-n1cc2c(=O)[nH]c([C@H](C)O)nc2n1. The Bertz CT molecular complexity index is 993. The van der Waals surface area contributed by atoms with Gasteiger partial charge < -0.3 is 10.1 Å². The minimum absolute atomic E-state index is 0.0738. The number of aliphatic hydroxyl groups excluding tert-OH is 1. The van der Waals surface area contributed by atoms with Crippen molar-refractivity contribution in [3.8, 4) is 5.69 Å². The molecule has 2 heterocycles. The van der Waals surface area contributed by atoms with E-state index in [4.69, 9.17) is 0 Å². The lowest BCUT2D eigenvalue weighted by Gasteiger charge is -2.16. The fraction of sp³-hybridized carbons (Fsp3) is 0.353. The van der Waals surface area contributed by atoms with Gasteiger partial charge in [0.2, 0.25) is 0 Å². The van der Waals surface area contributed by atoms with Crippen molar-refractivity contribution in [3.05, 3.63) is 51.2 Å². The number of aliphatic hydroxyl groups is 1. The molecule has 132 valence electrons. The lowest BCUT2D eigenvalue weighted by atomic mass is 10.0. The van der Waals surface area contributed by atoms with E-state index in [1.165, 1.54) is 29.9 Å². The summed E-state index contributed by atoms with van der Waals surface area (Å²) in [5.74, 6) is -2.81. The third-order valence-electron chi connectivity index (χ3n) is 4.03. The van der Waals surface area contributed by atoms with E-state index in [0.717, 1.165) is 6.92 Å². The van der Waals surface area contributed by atoms with Crippen LogP contribution in [-0.4, -0.2) is 24.9 Å². The summed E-state index contributed by atoms with van der Waals surface area (Å²) in [5, 5.41) is 14.1. The van der Waals surface area contributed by atoms with Gasteiger partial charge in [0.25, 0.3) is 11.5 Å². The number of fused-ring (bicyclic) bond motifs is 1. The first-order valence-electron chi connectivity index (χ1n) is 7.75. The van der Waals surface area contributed by atoms with E-state index in [1.807, 2.05) is 0 Å². The van der Waals surface area contributed by atoms with Crippen molar-refractivity contribution in [2.45, 2.75) is 39.7 Å². The molecule has 1 atom stereocenters. The summed E-state index contributed by atoms with van der Waals surface area (Å²) in [6.45, 7) is 5.76. The van der Waals surface area contributed by atoms with Crippen LogP contribution in [0.25, 0.3) is 16.7 Å². The van der Waals surface area contributed by atoms with Gasteiger partial charge in [0.15, 0.2) is 5.65 Å². The third-order valence-corrected chi connectivity index (χ3v) is 4.03. The number of hydrogen-bond donors (Lipinski definition) is 2. The highest BCUT2D eigenvalue weighted by Crippen LogP contribution is 2.31. The van der Waals surface area contributed by atoms with Crippen LogP contribution < -0.4 is 5.56 Å². The minimum Gasteiger partial charge on any atom is -0.385 e. The Hall–Kier alpha value is -2.61. The van der Waals surface area contributed by atoms with Crippen LogP contribution in [0, 0.1) is 13.8 Å². The molecule has 2 aromatic heterocycles. The molecule has 0 bridgehead atoms. The quantitative estimate of drug-likeness (QED) is 0.762. The first-order chi connectivity index (χ1) is 11.6. The van der Waals surface area contributed by atoms with Gasteiger partial charge >= 0.3 is 0 Å². The molecule has 0 radical (unpaired) electrons. The molecule has 0 aliphatic heterocycles. The second kappa shape index (κ2) is 5.73. The number of benzene rings is 1. The first kappa shape index (κ1) is 17.2. The number of aromatic amines is 1. The number of alkyl halides is 2. The van der Waals surface area contributed by atoms with E-state index < -0.39 is 17.6 Å². The molecule has 0 fully saturated rings. The second-order valence-corrected chi connectivity index (χ2v) is 6.29. The van der Waals surface area contributed by atoms with Gasteiger partial charge in [0.05, 0.1) is 5.69 Å². The third kappa shape index (κ3) is 3.05. The smallest absolute Gasteiger partial charge is 0.270 e. The van der Waals surface area contributed by atoms with Gasteiger partial charge in [0.1, 0.15) is 17.3 Å². The van der Waals surface area contributed by atoms with E-state index in [2.05, 4.69) is 15.1 Å². The highest BCUT2D eigenvalue weighted by atomic mass is 19.3. The zero-order valence-corrected chi connectivity index (χ0v) is 14.3. The van der Waals surface area contributed by atoms with Crippen LogP contribution in [0.4, 0.5) is 8.78 Å². The van der Waals surface area contributed by atoms with Crippen LogP contribution in [-0.2, 0) is 5.92 Å². The van der Waals surface area contributed by atoms with Crippen LogP contribution in [0.5, 0.6) is 0 Å². The first-order valence-corrected chi connectivity index (χ1v) is 7.75. The van der Waals surface area contributed by atoms with Crippen molar-refractivity contribution < 1.29 is 13.9 Å². The summed E-state index contributed by atoms with van der Waals surface area (Å²) >= 11 is 0. The molecular formula is C17H18F2N4O2.